The number of rotatable bonds is 4. The first kappa shape index (κ1) is 24.3. The van der Waals surface area contributed by atoms with Crippen molar-refractivity contribution in [3.8, 4) is 0 Å². The van der Waals surface area contributed by atoms with Gasteiger partial charge in [-0.2, -0.15) is 0 Å². The highest BCUT2D eigenvalue weighted by Crippen LogP contribution is 2.42. The van der Waals surface area contributed by atoms with E-state index in [1.165, 1.54) is 5.56 Å². The molecule has 4 N–H and O–H groups in total. The average Bonchev–Trinajstić information content (AvgIpc) is 2.89. The summed E-state index contributed by atoms with van der Waals surface area (Å²) >= 11 is 0. The second-order valence-electron chi connectivity index (χ2n) is 9.33. The number of aromatic nitrogens is 2. The molecule has 0 radical (unpaired) electrons. The lowest BCUT2D eigenvalue weighted by molar-refractivity contribution is -0.148. The normalized spacial score (nSPS) is 17.1. The van der Waals surface area contributed by atoms with Crippen LogP contribution >= 0.6 is 0 Å². The fourth-order valence-electron chi connectivity index (χ4n) is 5.10. The molecule has 2 aliphatic rings. The van der Waals surface area contributed by atoms with E-state index in [1.807, 2.05) is 48.7 Å². The number of benzene rings is 2. The van der Waals surface area contributed by atoms with Crippen molar-refractivity contribution in [3.05, 3.63) is 59.8 Å². The van der Waals surface area contributed by atoms with Gasteiger partial charge in [-0.15, -0.1) is 0 Å². The van der Waals surface area contributed by atoms with E-state index in [1.54, 1.807) is 0 Å². The number of piperidine rings is 2. The first-order valence-electron chi connectivity index (χ1n) is 12.1. The third-order valence-corrected chi connectivity index (χ3v) is 7.12. The van der Waals surface area contributed by atoms with Gasteiger partial charge >= 0.3 is 0 Å². The third-order valence-electron chi connectivity index (χ3n) is 7.12. The van der Waals surface area contributed by atoms with Crippen LogP contribution in [-0.2, 0) is 11.3 Å². The van der Waals surface area contributed by atoms with Gasteiger partial charge in [0.2, 0.25) is 5.91 Å². The van der Waals surface area contributed by atoms with E-state index in [0.29, 0.717) is 12.5 Å². The molecule has 1 amide bonds. The van der Waals surface area contributed by atoms with Crippen molar-refractivity contribution >= 4 is 40.9 Å². The van der Waals surface area contributed by atoms with Crippen molar-refractivity contribution in [1.29, 1.82) is 10.8 Å². The number of amides is 1. The quantitative estimate of drug-likeness (QED) is 0.388. The molecular weight excluding hydrogens is 438 g/mol. The van der Waals surface area contributed by atoms with Gasteiger partial charge in [0.05, 0.1) is 22.6 Å². The largest absolute Gasteiger partial charge is 0.399 e. The molecule has 0 bridgehead atoms. The fraction of sp³-hybridized carbons (Fsp3) is 0.370. The van der Waals surface area contributed by atoms with Gasteiger partial charge in [0.25, 0.3) is 0 Å². The number of nitrogens with one attached hydrogen (secondary N) is 2. The van der Waals surface area contributed by atoms with E-state index in [-0.39, 0.29) is 5.41 Å². The molecule has 3 heterocycles. The van der Waals surface area contributed by atoms with Crippen molar-refractivity contribution in [3.63, 3.8) is 0 Å². The van der Waals surface area contributed by atoms with E-state index >= 15 is 0 Å². The second-order valence-corrected chi connectivity index (χ2v) is 9.33. The lowest BCUT2D eigenvalue weighted by Gasteiger charge is -2.46. The number of carbonyl (C=O) groups excluding carboxylic acids is 1. The Hall–Kier alpha value is -3.81. The highest BCUT2D eigenvalue weighted by molar-refractivity contribution is 6.12. The smallest absolute Gasteiger partial charge is 0.229 e. The Bertz CT molecular complexity index is 1210. The molecule has 182 valence electrons. The Morgan fingerprint density at radius 3 is 2.46 bits per heavy atom. The number of para-hydroxylation sites is 2. The highest BCUT2D eigenvalue weighted by Gasteiger charge is 2.45. The van der Waals surface area contributed by atoms with Gasteiger partial charge in [0, 0.05) is 44.3 Å². The number of carbonyl (C=O) groups is 1. The van der Waals surface area contributed by atoms with Gasteiger partial charge in [-0.1, -0.05) is 18.2 Å². The van der Waals surface area contributed by atoms with Crippen molar-refractivity contribution < 1.29 is 4.79 Å². The summed E-state index contributed by atoms with van der Waals surface area (Å²) in [6, 6.07) is 13.9. The summed E-state index contributed by atoms with van der Waals surface area (Å²) in [6.07, 6.45) is 7.47. The number of anilines is 2. The molecule has 35 heavy (non-hydrogen) atoms. The van der Waals surface area contributed by atoms with Gasteiger partial charge in [0.15, 0.2) is 0 Å². The van der Waals surface area contributed by atoms with Crippen LogP contribution in [-0.4, -0.2) is 52.8 Å². The molecule has 0 unspecified atom stereocenters. The summed E-state index contributed by atoms with van der Waals surface area (Å²) < 4.78 is 0. The third kappa shape index (κ3) is 5.31. The van der Waals surface area contributed by atoms with Crippen LogP contribution < -0.4 is 10.6 Å². The minimum Gasteiger partial charge on any atom is -0.399 e. The van der Waals surface area contributed by atoms with Crippen LogP contribution in [0.15, 0.2) is 48.7 Å². The summed E-state index contributed by atoms with van der Waals surface area (Å²) in [7, 11) is 0. The Morgan fingerprint density at radius 1 is 1.03 bits per heavy atom. The number of hydrogen-bond acceptors (Lipinski definition) is 7. The van der Waals surface area contributed by atoms with Crippen LogP contribution in [0.25, 0.3) is 11.0 Å². The fourth-order valence-corrected chi connectivity index (χ4v) is 5.10. The Morgan fingerprint density at radius 2 is 1.74 bits per heavy atom. The van der Waals surface area contributed by atoms with E-state index in [2.05, 4.69) is 21.7 Å². The number of hydrogen-bond donors (Lipinski definition) is 3. The number of nitrogens with zero attached hydrogens (tertiary/aromatic N) is 4. The van der Waals surface area contributed by atoms with Gasteiger partial charge in [-0.3, -0.25) is 9.78 Å². The summed E-state index contributed by atoms with van der Waals surface area (Å²) in [5.41, 5.74) is 10.7. The minimum absolute atomic E-state index is 0.243. The summed E-state index contributed by atoms with van der Waals surface area (Å²) in [6.45, 7) is 5.24. The Kier molecular flexibility index (Phi) is 7.39. The second kappa shape index (κ2) is 10.6. The summed E-state index contributed by atoms with van der Waals surface area (Å²) in [4.78, 5) is 27.3. The van der Waals surface area contributed by atoms with Gasteiger partial charge in [-0.25, -0.2) is 4.98 Å². The standard InChI is InChI=1S/C25H29N5O.C2H4N2/c1-18-7-8-20(26)15-19(18)17-30-12-4-9-25(24(30)31)10-13-29(14-11-25)23-16-27-21-5-2-3-6-22(21)28-23;3-1-2-4/h2-3,5-8,15-16H,4,9-14,17,26H2,1H3;1-4H. The lowest BCUT2D eigenvalue weighted by atomic mass is 9.71. The molecule has 3 aromatic rings. The van der Waals surface area contributed by atoms with Crippen LogP contribution in [0.3, 0.4) is 0 Å². The molecule has 2 aliphatic heterocycles. The van der Waals surface area contributed by atoms with Gasteiger partial charge < -0.3 is 26.4 Å². The Balaban J connectivity index is 0.000000672. The lowest BCUT2D eigenvalue weighted by Crippen LogP contribution is -2.53. The molecule has 2 aromatic carbocycles. The topological polar surface area (TPSA) is 123 Å². The summed E-state index contributed by atoms with van der Waals surface area (Å²) in [5.74, 6) is 1.22. The number of aryl methyl sites for hydroxylation is 1. The molecule has 0 atom stereocenters. The van der Waals surface area contributed by atoms with Crippen molar-refractivity contribution in [2.75, 3.05) is 30.3 Å². The van der Waals surface area contributed by atoms with Crippen LogP contribution in [0.5, 0.6) is 0 Å². The predicted octanol–water partition coefficient (Wildman–Crippen LogP) is 4.22. The number of likely N-dealkylation sites (tertiary alicyclic amines) is 1. The van der Waals surface area contributed by atoms with E-state index in [0.717, 1.165) is 85.8 Å². The average molecular weight is 472 g/mol. The maximum atomic E-state index is 13.6. The highest BCUT2D eigenvalue weighted by atomic mass is 16.2. The zero-order valence-electron chi connectivity index (χ0n) is 20.2. The number of nitrogen functional groups attached to an aromatic ring is 1. The minimum atomic E-state index is -0.243. The molecule has 1 aromatic heterocycles. The van der Waals surface area contributed by atoms with Gasteiger partial charge in [0.1, 0.15) is 5.82 Å². The zero-order chi connectivity index (χ0) is 24.8. The molecule has 8 nitrogen and oxygen atoms in total. The molecule has 8 heteroatoms. The summed E-state index contributed by atoms with van der Waals surface area (Å²) in [5, 5.41) is 12.2. The molecular formula is C27H33N7O. The van der Waals surface area contributed by atoms with E-state index < -0.39 is 0 Å². The van der Waals surface area contributed by atoms with Crippen molar-refractivity contribution in [2.24, 2.45) is 5.41 Å². The molecule has 2 fully saturated rings. The first-order valence-corrected chi connectivity index (χ1v) is 12.1. The van der Waals surface area contributed by atoms with Crippen molar-refractivity contribution in [1.82, 2.24) is 14.9 Å². The van der Waals surface area contributed by atoms with E-state index in [4.69, 9.17) is 21.5 Å². The van der Waals surface area contributed by atoms with Crippen LogP contribution in [0, 0.1) is 23.2 Å². The van der Waals surface area contributed by atoms with Crippen LogP contribution in [0.4, 0.5) is 11.5 Å². The molecule has 2 saturated heterocycles. The van der Waals surface area contributed by atoms with Crippen LogP contribution in [0.1, 0.15) is 36.8 Å². The molecule has 0 aliphatic carbocycles. The Labute approximate surface area is 206 Å². The maximum absolute atomic E-state index is 13.6. The van der Waals surface area contributed by atoms with Crippen LogP contribution in [0.2, 0.25) is 0 Å². The van der Waals surface area contributed by atoms with Gasteiger partial charge in [-0.05, 0) is 68.0 Å². The molecule has 1 spiro atoms. The first-order chi connectivity index (χ1) is 17.0. The number of fused-ring (bicyclic) bond motifs is 1. The SMILES string of the molecule is Cc1ccc(N)cc1CN1CCCC2(CCN(c3cnc4ccccc4n3)CC2)C1=O.N=CC=N. The van der Waals surface area contributed by atoms with E-state index in [9.17, 15) is 4.79 Å². The zero-order valence-corrected chi connectivity index (χ0v) is 20.2. The monoisotopic (exact) mass is 471 g/mol. The molecule has 5 rings (SSSR count). The number of nitrogens with two attached hydrogens (primary N) is 1. The maximum Gasteiger partial charge on any atom is 0.229 e. The predicted molar refractivity (Wildman–Crippen MR) is 141 cm³/mol. The molecule has 0 saturated carbocycles. The van der Waals surface area contributed by atoms with Crippen molar-refractivity contribution in [2.45, 2.75) is 39.2 Å².